The highest BCUT2D eigenvalue weighted by molar-refractivity contribution is 8.00. The number of carboxylic acids is 1. The van der Waals surface area contributed by atoms with Crippen molar-refractivity contribution < 1.29 is 15.0 Å². The van der Waals surface area contributed by atoms with Crippen LogP contribution in [0.2, 0.25) is 0 Å². The highest BCUT2D eigenvalue weighted by Gasteiger charge is 2.41. The van der Waals surface area contributed by atoms with Gasteiger partial charge in [-0.1, -0.05) is 6.92 Å². The summed E-state index contributed by atoms with van der Waals surface area (Å²) in [6.07, 6.45) is 3.33. The Morgan fingerprint density at radius 3 is 2.88 bits per heavy atom. The van der Waals surface area contributed by atoms with Crippen molar-refractivity contribution in [3.05, 3.63) is 0 Å². The second-order valence-corrected chi connectivity index (χ2v) is 6.23. The molecule has 1 aliphatic carbocycles. The van der Waals surface area contributed by atoms with Crippen LogP contribution in [-0.2, 0) is 4.79 Å². The van der Waals surface area contributed by atoms with Crippen LogP contribution in [0.1, 0.15) is 32.6 Å². The Morgan fingerprint density at radius 1 is 1.69 bits per heavy atom. The molecule has 5 heteroatoms. The fourth-order valence-electron chi connectivity index (χ4n) is 2.24. The molecule has 1 fully saturated rings. The lowest BCUT2D eigenvalue weighted by atomic mass is 9.81. The first kappa shape index (κ1) is 13.8. The first-order chi connectivity index (χ1) is 7.54. The quantitative estimate of drug-likeness (QED) is 0.678. The zero-order valence-electron chi connectivity index (χ0n) is 9.90. The Kier molecular flexibility index (Phi) is 5.08. The van der Waals surface area contributed by atoms with Gasteiger partial charge in [-0.05, 0) is 32.7 Å². The topological polar surface area (TPSA) is 69.6 Å². The van der Waals surface area contributed by atoms with E-state index < -0.39 is 11.5 Å². The van der Waals surface area contributed by atoms with Crippen molar-refractivity contribution in [1.82, 2.24) is 5.32 Å². The number of aliphatic carboxylic acids is 1. The number of hydrogen-bond donors (Lipinski definition) is 3. The van der Waals surface area contributed by atoms with Crippen molar-refractivity contribution >= 4 is 17.7 Å². The number of hydrogen-bond acceptors (Lipinski definition) is 4. The van der Waals surface area contributed by atoms with Crippen molar-refractivity contribution in [2.75, 3.05) is 13.7 Å². The molecule has 3 N–H and O–H groups in total. The van der Waals surface area contributed by atoms with Gasteiger partial charge in [-0.2, -0.15) is 11.8 Å². The lowest BCUT2D eigenvalue weighted by Crippen LogP contribution is -2.54. The minimum Gasteiger partial charge on any atom is -0.480 e. The molecule has 1 saturated carbocycles. The minimum absolute atomic E-state index is 0.154. The van der Waals surface area contributed by atoms with Gasteiger partial charge in [-0.15, -0.1) is 0 Å². The van der Waals surface area contributed by atoms with Crippen molar-refractivity contribution in [3.8, 4) is 0 Å². The van der Waals surface area contributed by atoms with Gasteiger partial charge in [-0.25, -0.2) is 0 Å². The van der Waals surface area contributed by atoms with E-state index in [1.807, 2.05) is 6.92 Å². The van der Waals surface area contributed by atoms with Crippen molar-refractivity contribution in [2.24, 2.45) is 0 Å². The SMILES string of the molecule is CNC1(C(=O)O)CCCC(SC(C)CO)C1. The maximum absolute atomic E-state index is 11.3. The first-order valence-corrected chi connectivity index (χ1v) is 6.67. The van der Waals surface area contributed by atoms with E-state index in [1.165, 1.54) is 0 Å². The number of aliphatic hydroxyl groups is 1. The van der Waals surface area contributed by atoms with Gasteiger partial charge < -0.3 is 15.5 Å². The van der Waals surface area contributed by atoms with Crippen molar-refractivity contribution in [2.45, 2.75) is 48.6 Å². The largest absolute Gasteiger partial charge is 0.480 e. The van der Waals surface area contributed by atoms with Gasteiger partial charge in [0.05, 0.1) is 6.61 Å². The highest BCUT2D eigenvalue weighted by Crippen LogP contribution is 2.36. The summed E-state index contributed by atoms with van der Waals surface area (Å²) in [5.41, 5.74) is -0.759. The van der Waals surface area contributed by atoms with Gasteiger partial charge in [0.25, 0.3) is 0 Å². The van der Waals surface area contributed by atoms with Gasteiger partial charge in [0.1, 0.15) is 5.54 Å². The number of carbonyl (C=O) groups is 1. The summed E-state index contributed by atoms with van der Waals surface area (Å²) < 4.78 is 0. The molecule has 0 aromatic heterocycles. The molecule has 0 bridgehead atoms. The number of likely N-dealkylation sites (N-methyl/N-ethyl adjacent to an activating group) is 1. The summed E-state index contributed by atoms with van der Waals surface area (Å²) >= 11 is 1.70. The molecule has 1 rings (SSSR count). The third-order valence-electron chi connectivity index (χ3n) is 3.28. The lowest BCUT2D eigenvalue weighted by Gasteiger charge is -2.37. The van der Waals surface area contributed by atoms with Crippen LogP contribution in [0.4, 0.5) is 0 Å². The second-order valence-electron chi connectivity index (χ2n) is 4.48. The number of nitrogens with one attached hydrogen (secondary N) is 1. The zero-order valence-corrected chi connectivity index (χ0v) is 10.7. The van der Waals surface area contributed by atoms with Crippen LogP contribution in [-0.4, -0.2) is 45.9 Å². The number of aliphatic hydroxyl groups excluding tert-OH is 1. The average Bonchev–Trinajstić information content (AvgIpc) is 2.28. The van der Waals surface area contributed by atoms with Crippen molar-refractivity contribution in [3.63, 3.8) is 0 Å². The molecule has 0 spiro atoms. The highest BCUT2D eigenvalue weighted by atomic mass is 32.2. The summed E-state index contributed by atoms with van der Waals surface area (Å²) in [4.78, 5) is 11.3. The molecule has 0 aliphatic heterocycles. The van der Waals surface area contributed by atoms with Gasteiger partial charge in [0.15, 0.2) is 0 Å². The number of rotatable bonds is 5. The molecular formula is C11H21NO3S. The monoisotopic (exact) mass is 247 g/mol. The molecule has 0 radical (unpaired) electrons. The summed E-state index contributed by atoms with van der Waals surface area (Å²) in [5, 5.41) is 21.8. The van der Waals surface area contributed by atoms with Gasteiger partial charge >= 0.3 is 5.97 Å². The number of thioether (sulfide) groups is 1. The van der Waals surface area contributed by atoms with E-state index >= 15 is 0 Å². The fourth-order valence-corrected chi connectivity index (χ4v) is 3.67. The van der Waals surface area contributed by atoms with Crippen LogP contribution in [0.3, 0.4) is 0 Å². The Labute approximate surface area is 101 Å². The van der Waals surface area contributed by atoms with Crippen LogP contribution in [0.15, 0.2) is 0 Å². The summed E-state index contributed by atoms with van der Waals surface area (Å²) in [7, 11) is 1.72. The van der Waals surface area contributed by atoms with E-state index in [-0.39, 0.29) is 11.9 Å². The van der Waals surface area contributed by atoms with Crippen LogP contribution >= 0.6 is 11.8 Å². The molecule has 0 heterocycles. The predicted molar refractivity (Wildman–Crippen MR) is 65.8 cm³/mol. The predicted octanol–water partition coefficient (Wildman–Crippen LogP) is 1.09. The first-order valence-electron chi connectivity index (χ1n) is 5.72. The van der Waals surface area contributed by atoms with E-state index in [9.17, 15) is 9.90 Å². The Bertz CT molecular complexity index is 249. The average molecular weight is 247 g/mol. The number of carboxylic acid groups (broad SMARTS) is 1. The molecule has 1 aliphatic rings. The molecule has 94 valence electrons. The molecule has 0 amide bonds. The van der Waals surface area contributed by atoms with E-state index in [0.29, 0.717) is 18.1 Å². The normalized spacial score (nSPS) is 32.3. The molecule has 4 nitrogen and oxygen atoms in total. The molecule has 3 atom stereocenters. The smallest absolute Gasteiger partial charge is 0.323 e. The fraction of sp³-hybridized carbons (Fsp3) is 0.909. The summed E-state index contributed by atoms with van der Waals surface area (Å²) in [6, 6.07) is 0. The van der Waals surface area contributed by atoms with E-state index in [2.05, 4.69) is 5.32 Å². The van der Waals surface area contributed by atoms with E-state index in [0.717, 1.165) is 12.8 Å². The van der Waals surface area contributed by atoms with Gasteiger partial charge in [0, 0.05) is 10.5 Å². The minimum atomic E-state index is -0.759. The summed E-state index contributed by atoms with van der Waals surface area (Å²) in [5.74, 6) is -0.753. The van der Waals surface area contributed by atoms with Crippen LogP contribution in [0, 0.1) is 0 Å². The molecule has 0 aromatic carbocycles. The molecule has 16 heavy (non-hydrogen) atoms. The van der Waals surface area contributed by atoms with Crippen molar-refractivity contribution in [1.29, 1.82) is 0 Å². The lowest BCUT2D eigenvalue weighted by molar-refractivity contribution is -0.146. The third-order valence-corrected chi connectivity index (χ3v) is 4.68. The van der Waals surface area contributed by atoms with Gasteiger partial charge in [0.2, 0.25) is 0 Å². The molecule has 3 unspecified atom stereocenters. The maximum atomic E-state index is 11.3. The molecule has 0 saturated heterocycles. The molecule has 0 aromatic rings. The third kappa shape index (κ3) is 3.12. The zero-order chi connectivity index (χ0) is 12.2. The van der Waals surface area contributed by atoms with Crippen LogP contribution < -0.4 is 5.32 Å². The van der Waals surface area contributed by atoms with E-state index in [4.69, 9.17) is 5.11 Å². The van der Waals surface area contributed by atoms with Gasteiger partial charge in [-0.3, -0.25) is 4.79 Å². The summed E-state index contributed by atoms with van der Waals surface area (Å²) in [6.45, 7) is 2.13. The van der Waals surface area contributed by atoms with E-state index in [1.54, 1.807) is 18.8 Å². The Hall–Kier alpha value is -0.260. The standard InChI is InChI=1S/C11H21NO3S/c1-8(7-13)16-9-4-3-5-11(6-9,12-2)10(14)15/h8-9,12-13H,3-7H2,1-2H3,(H,14,15). The van der Waals surface area contributed by atoms with Crippen LogP contribution in [0.25, 0.3) is 0 Å². The Morgan fingerprint density at radius 2 is 2.38 bits per heavy atom. The maximum Gasteiger partial charge on any atom is 0.323 e. The molecular weight excluding hydrogens is 226 g/mol. The van der Waals surface area contributed by atoms with Crippen LogP contribution in [0.5, 0.6) is 0 Å². The second kappa shape index (κ2) is 5.89. The Balaban J connectivity index is 2.61.